The normalized spacial score (nSPS) is 12.2. The first-order valence-corrected chi connectivity index (χ1v) is 30.1. The molecular weight excluding hydrogens is 574 g/mol. The zero-order valence-electron chi connectivity index (χ0n) is 14.0. The molecule has 0 N–H and O–H groups in total. The topological polar surface area (TPSA) is 70.4 Å². The van der Waals surface area contributed by atoms with Gasteiger partial charge in [0.1, 0.15) is 0 Å². The molecule has 0 saturated heterocycles. The van der Waals surface area contributed by atoms with E-state index in [2.05, 4.69) is 28.3 Å². The van der Waals surface area contributed by atoms with Gasteiger partial charge in [-0.3, -0.25) is 0 Å². The number of esters is 2. The van der Waals surface area contributed by atoms with Gasteiger partial charge >= 0.3 is 136 Å². The van der Waals surface area contributed by atoms with Crippen molar-refractivity contribution in [3.05, 3.63) is 11.3 Å². The average molecular weight is 598 g/mol. The van der Waals surface area contributed by atoms with Crippen LogP contribution in [0.5, 0.6) is 0 Å². The molecule has 8 heteroatoms. The molecule has 1 aromatic rings. The fourth-order valence-corrected chi connectivity index (χ4v) is 12.0. The van der Waals surface area contributed by atoms with Gasteiger partial charge in [0.2, 0.25) is 0 Å². The predicted molar refractivity (Wildman–Crippen MR) is 86.6 cm³/mol. The molecule has 1 rings (SSSR count). The summed E-state index contributed by atoms with van der Waals surface area (Å²) in [6.07, 6.45) is 0. The van der Waals surface area contributed by atoms with Crippen molar-refractivity contribution < 1.29 is 19.1 Å². The standard InChI is InChI=1S/C7H7N2O4.6CH3.Pb.Sn/c1-12-6(10)4-3-8-9-5(4)7(11)13-2;;;;;;;;/h1-2H3,(H,8,9,10,11);6*1H3;;/q;;;;;;;+1;/p-1. The van der Waals surface area contributed by atoms with Gasteiger partial charge in [-0.05, 0) is 0 Å². The van der Waals surface area contributed by atoms with Crippen LogP contribution in [0.1, 0.15) is 20.8 Å². The number of ether oxygens (including phenoxy) is 2. The molecule has 6 nitrogen and oxygen atoms in total. The summed E-state index contributed by atoms with van der Waals surface area (Å²) in [6, 6.07) is 0. The van der Waals surface area contributed by atoms with Gasteiger partial charge in [0.15, 0.2) is 0 Å². The molecule has 1 aromatic heterocycles. The van der Waals surface area contributed by atoms with Crippen molar-refractivity contribution in [2.45, 2.75) is 28.3 Å². The molecule has 0 saturated carbocycles. The summed E-state index contributed by atoms with van der Waals surface area (Å²) in [5, 5.41) is 4.70. The minimum atomic E-state index is -2.89. The van der Waals surface area contributed by atoms with E-state index < -0.39 is 51.8 Å². The fourth-order valence-electron chi connectivity index (χ4n) is 2.01. The number of nitrogens with zero attached hydrogens (tertiary/aromatic N) is 2. The summed E-state index contributed by atoms with van der Waals surface area (Å²) in [4.78, 5) is 31.0. The molecule has 0 amide bonds. The molecule has 0 atom stereocenters. The molecule has 0 spiro atoms. The minimum absolute atomic E-state index is 0.278. The van der Waals surface area contributed by atoms with E-state index in [0.29, 0.717) is 5.56 Å². The van der Waals surface area contributed by atoms with Gasteiger partial charge in [-0.15, -0.1) is 0 Å². The van der Waals surface area contributed by atoms with Gasteiger partial charge in [0, 0.05) is 0 Å². The molecule has 0 aliphatic rings. The number of carbonyl (C=O) groups is 2. The van der Waals surface area contributed by atoms with Crippen LogP contribution in [0.3, 0.4) is 0 Å². The van der Waals surface area contributed by atoms with E-state index >= 15 is 0 Å². The first-order chi connectivity index (χ1) is 9.45. The molecular formula is C13H24N2O4PbSn. The molecule has 0 aliphatic carbocycles. The van der Waals surface area contributed by atoms with Gasteiger partial charge in [0.25, 0.3) is 0 Å². The fraction of sp³-hybridized carbons (Fsp3) is 0.615. The molecule has 0 aromatic carbocycles. The second-order valence-electron chi connectivity index (χ2n) is 6.89. The number of methoxy groups -OCH3 is 2. The Hall–Kier alpha value is -0.129. The first-order valence-electron chi connectivity index (χ1n) is 6.75. The van der Waals surface area contributed by atoms with Crippen LogP contribution in [-0.4, -0.2) is 73.6 Å². The van der Waals surface area contributed by atoms with E-state index in [1.54, 1.807) is 0 Å². The molecule has 0 bridgehead atoms. The summed E-state index contributed by atoms with van der Waals surface area (Å²) < 4.78 is 18.8. The van der Waals surface area contributed by atoms with Crippen LogP contribution in [-0.2, 0) is 9.47 Å². The van der Waals surface area contributed by atoms with Gasteiger partial charge in [-0.1, -0.05) is 0 Å². The summed E-state index contributed by atoms with van der Waals surface area (Å²) in [5.74, 6) is -1.01. The van der Waals surface area contributed by atoms with E-state index in [4.69, 9.17) is 14.6 Å². The van der Waals surface area contributed by atoms with Gasteiger partial charge in [-0.2, -0.15) is 0 Å². The van der Waals surface area contributed by atoms with Crippen LogP contribution >= 0.6 is 0 Å². The van der Waals surface area contributed by atoms with Crippen LogP contribution in [0.25, 0.3) is 0 Å². The van der Waals surface area contributed by atoms with Crippen molar-refractivity contribution in [3.63, 3.8) is 0 Å². The number of hydrogen-bond donors (Lipinski definition) is 0. The molecule has 1 heterocycles. The monoisotopic (exact) mass is 600 g/mol. The summed E-state index contributed by atoms with van der Waals surface area (Å²) >= 11 is -5.59. The van der Waals surface area contributed by atoms with Crippen LogP contribution in [0.4, 0.5) is 0 Å². The average Bonchev–Trinajstić information content (AvgIpc) is 2.76. The Bertz CT molecular complexity index is 521. The van der Waals surface area contributed by atoms with Crippen molar-refractivity contribution in [2.75, 3.05) is 14.2 Å². The Morgan fingerprint density at radius 2 is 1.52 bits per heavy atom. The van der Waals surface area contributed by atoms with Gasteiger partial charge < -0.3 is 0 Å². The second kappa shape index (κ2) is 6.55. The molecule has 0 radical (unpaired) electrons. The molecule has 118 valence electrons. The second-order valence-corrected chi connectivity index (χ2v) is 39.6. The Labute approximate surface area is 135 Å². The molecule has 0 unspecified atom stereocenters. The first kappa shape index (κ1) is 18.9. The number of carbonyl (C=O) groups excluding carboxylic acids is 2. The van der Waals surface area contributed by atoms with E-state index in [9.17, 15) is 9.59 Å². The van der Waals surface area contributed by atoms with Crippen molar-refractivity contribution in [2.24, 2.45) is 0 Å². The third-order valence-corrected chi connectivity index (χ3v) is 14.3. The number of hydrogen-bond acceptors (Lipinski definition) is 5. The Kier molecular flexibility index (Phi) is 5.90. The maximum atomic E-state index is 12.2. The van der Waals surface area contributed by atoms with E-state index in [0.717, 1.165) is 3.71 Å². The van der Waals surface area contributed by atoms with Gasteiger partial charge in [0.05, 0.1) is 0 Å². The SMILES string of the molecule is COC(=O)c1[c]([Sn]([CH3])([CH3])[CH3])n[n]([Pb]([CH3])([CH3])[CH3])c1C(=O)OC. The van der Waals surface area contributed by atoms with Gasteiger partial charge in [-0.25, -0.2) is 0 Å². The quantitative estimate of drug-likeness (QED) is 0.390. The summed E-state index contributed by atoms with van der Waals surface area (Å²) in [6.45, 7) is 0. The third kappa shape index (κ3) is 3.99. The number of aromatic nitrogens is 2. The van der Waals surface area contributed by atoms with Crippen molar-refractivity contribution in [1.29, 1.82) is 0 Å². The molecule has 0 aliphatic heterocycles. The van der Waals surface area contributed by atoms with Crippen molar-refractivity contribution >= 4 is 55.5 Å². The Morgan fingerprint density at radius 3 is 1.86 bits per heavy atom. The van der Waals surface area contributed by atoms with E-state index in [1.807, 2.05) is 2.49 Å². The van der Waals surface area contributed by atoms with E-state index in [-0.39, 0.29) is 5.69 Å². The summed E-state index contributed by atoms with van der Waals surface area (Å²) in [5.41, 5.74) is 0.600. The Balaban J connectivity index is 3.82. The molecule has 0 fully saturated rings. The van der Waals surface area contributed by atoms with Crippen molar-refractivity contribution in [1.82, 2.24) is 7.59 Å². The molecule has 21 heavy (non-hydrogen) atoms. The zero-order chi connectivity index (χ0) is 16.6. The van der Waals surface area contributed by atoms with Crippen LogP contribution in [0.15, 0.2) is 0 Å². The summed E-state index contributed by atoms with van der Waals surface area (Å²) in [7, 11) is 2.64. The number of rotatable bonds is 4. The van der Waals surface area contributed by atoms with Crippen LogP contribution < -0.4 is 3.71 Å². The predicted octanol–water partition coefficient (Wildman–Crippen LogP) is 1.68. The Morgan fingerprint density at radius 1 is 1.05 bits per heavy atom. The van der Waals surface area contributed by atoms with Crippen LogP contribution in [0, 0.1) is 0 Å². The van der Waals surface area contributed by atoms with Crippen molar-refractivity contribution in [3.8, 4) is 0 Å². The van der Waals surface area contributed by atoms with E-state index in [1.165, 1.54) is 14.2 Å². The third-order valence-electron chi connectivity index (χ3n) is 3.00. The zero-order valence-corrected chi connectivity index (χ0v) is 20.8. The van der Waals surface area contributed by atoms with Crippen LogP contribution in [0.2, 0.25) is 28.3 Å². The maximum absolute atomic E-state index is 12.2.